The molecule has 1 N–H and O–H groups in total. The number of amides is 1. The van der Waals surface area contributed by atoms with Gasteiger partial charge in [-0.25, -0.2) is 0 Å². The number of hydrogen-bond donors (Lipinski definition) is 1. The van der Waals surface area contributed by atoms with E-state index >= 15 is 0 Å². The van der Waals surface area contributed by atoms with E-state index in [9.17, 15) is 4.79 Å². The molecule has 2 atom stereocenters. The summed E-state index contributed by atoms with van der Waals surface area (Å²) >= 11 is 1.38. The van der Waals surface area contributed by atoms with Crippen LogP contribution in [0.15, 0.2) is 53.9 Å². The minimum atomic E-state index is 0.0313. The highest BCUT2D eigenvalue weighted by atomic mass is 32.2. The number of aromatic nitrogens is 4. The molecule has 1 aliphatic carbocycles. The van der Waals surface area contributed by atoms with E-state index in [1.54, 1.807) is 19.5 Å². The zero-order valence-electron chi connectivity index (χ0n) is 17.8. The van der Waals surface area contributed by atoms with Gasteiger partial charge in [-0.2, -0.15) is 0 Å². The zero-order valence-corrected chi connectivity index (χ0v) is 18.6. The molecule has 4 rings (SSSR count). The molecule has 162 valence electrons. The second-order valence-corrected chi connectivity index (χ2v) is 8.72. The van der Waals surface area contributed by atoms with E-state index in [2.05, 4.69) is 27.4 Å². The van der Waals surface area contributed by atoms with Crippen LogP contribution in [0.25, 0.3) is 17.1 Å². The molecule has 1 amide bonds. The molecule has 1 saturated carbocycles. The topological polar surface area (TPSA) is 81.9 Å². The summed E-state index contributed by atoms with van der Waals surface area (Å²) in [4.78, 5) is 16.8. The van der Waals surface area contributed by atoms with Gasteiger partial charge in [-0.15, -0.1) is 10.2 Å². The first-order valence-corrected chi connectivity index (χ1v) is 11.6. The summed E-state index contributed by atoms with van der Waals surface area (Å²) in [6.45, 7) is 2.22. The highest BCUT2D eigenvalue weighted by Crippen LogP contribution is 2.32. The summed E-state index contributed by atoms with van der Waals surface area (Å²) in [5.74, 6) is 2.23. The van der Waals surface area contributed by atoms with Gasteiger partial charge in [0.15, 0.2) is 11.0 Å². The largest absolute Gasteiger partial charge is 0.495 e. The number of methoxy groups -OCH3 is 1. The van der Waals surface area contributed by atoms with Gasteiger partial charge in [0.05, 0.1) is 18.6 Å². The van der Waals surface area contributed by atoms with Crippen LogP contribution in [0.2, 0.25) is 0 Å². The molecular weight excluding hydrogens is 410 g/mol. The molecule has 2 heterocycles. The Balaban J connectivity index is 1.59. The number of ether oxygens (including phenoxy) is 1. The van der Waals surface area contributed by atoms with Crippen molar-refractivity contribution < 1.29 is 9.53 Å². The SMILES string of the molecule is COc1ccccc1-n1c(SCC(=O)N[C@@H]2CCCC[C@@H]2C)nnc1-c1ccncc1. The zero-order chi connectivity index (χ0) is 21.6. The Labute approximate surface area is 186 Å². The van der Waals surface area contributed by atoms with Crippen LogP contribution in [0.1, 0.15) is 32.6 Å². The van der Waals surface area contributed by atoms with Gasteiger partial charge in [0.1, 0.15) is 5.75 Å². The molecule has 1 aromatic carbocycles. The summed E-state index contributed by atoms with van der Waals surface area (Å²) in [5, 5.41) is 12.7. The molecule has 0 bridgehead atoms. The van der Waals surface area contributed by atoms with Crippen molar-refractivity contribution >= 4 is 17.7 Å². The second kappa shape index (κ2) is 9.96. The third-order valence-corrected chi connectivity index (χ3v) is 6.62. The van der Waals surface area contributed by atoms with Crippen LogP contribution in [-0.4, -0.2) is 44.6 Å². The molecule has 3 aromatic rings. The number of nitrogens with one attached hydrogen (secondary N) is 1. The highest BCUT2D eigenvalue weighted by Gasteiger charge is 2.24. The molecule has 8 heteroatoms. The highest BCUT2D eigenvalue weighted by molar-refractivity contribution is 7.99. The number of pyridine rings is 1. The van der Waals surface area contributed by atoms with E-state index in [1.807, 2.05) is 41.0 Å². The van der Waals surface area contributed by atoms with Crippen molar-refractivity contribution in [2.75, 3.05) is 12.9 Å². The lowest BCUT2D eigenvalue weighted by Crippen LogP contribution is -2.41. The van der Waals surface area contributed by atoms with E-state index in [0.29, 0.717) is 22.6 Å². The van der Waals surface area contributed by atoms with Crippen LogP contribution in [0, 0.1) is 5.92 Å². The minimum Gasteiger partial charge on any atom is -0.495 e. The summed E-state index contributed by atoms with van der Waals surface area (Å²) in [6, 6.07) is 11.8. The molecule has 0 saturated heterocycles. The molecule has 0 aliphatic heterocycles. The van der Waals surface area contributed by atoms with Crippen LogP contribution >= 0.6 is 11.8 Å². The molecule has 0 spiro atoms. The second-order valence-electron chi connectivity index (χ2n) is 7.77. The van der Waals surface area contributed by atoms with E-state index < -0.39 is 0 Å². The van der Waals surface area contributed by atoms with Crippen LogP contribution in [-0.2, 0) is 4.79 Å². The fourth-order valence-electron chi connectivity index (χ4n) is 3.99. The Morgan fingerprint density at radius 1 is 1.16 bits per heavy atom. The molecular formula is C23H27N5O2S. The molecule has 0 unspecified atom stereocenters. The van der Waals surface area contributed by atoms with Crippen molar-refractivity contribution in [2.24, 2.45) is 5.92 Å². The lowest BCUT2D eigenvalue weighted by atomic mass is 9.86. The fourth-order valence-corrected chi connectivity index (χ4v) is 4.75. The molecule has 7 nitrogen and oxygen atoms in total. The maximum atomic E-state index is 12.7. The average Bonchev–Trinajstić information content (AvgIpc) is 3.23. The van der Waals surface area contributed by atoms with Crippen molar-refractivity contribution in [1.29, 1.82) is 0 Å². The van der Waals surface area contributed by atoms with Gasteiger partial charge >= 0.3 is 0 Å². The minimum absolute atomic E-state index is 0.0313. The van der Waals surface area contributed by atoms with Crippen molar-refractivity contribution in [2.45, 2.75) is 43.8 Å². The van der Waals surface area contributed by atoms with Crippen molar-refractivity contribution in [1.82, 2.24) is 25.1 Å². The van der Waals surface area contributed by atoms with Gasteiger partial charge < -0.3 is 10.1 Å². The van der Waals surface area contributed by atoms with E-state index in [-0.39, 0.29) is 17.7 Å². The molecule has 31 heavy (non-hydrogen) atoms. The van der Waals surface area contributed by atoms with Gasteiger partial charge in [0.2, 0.25) is 5.91 Å². The number of rotatable bonds is 7. The Morgan fingerprint density at radius 3 is 2.71 bits per heavy atom. The molecule has 1 fully saturated rings. The lowest BCUT2D eigenvalue weighted by molar-refractivity contribution is -0.119. The lowest BCUT2D eigenvalue weighted by Gasteiger charge is -2.29. The molecule has 0 radical (unpaired) electrons. The van der Waals surface area contributed by atoms with Crippen LogP contribution in [0.5, 0.6) is 5.75 Å². The number of hydrogen-bond acceptors (Lipinski definition) is 6. The molecule has 1 aliphatic rings. The number of para-hydroxylation sites is 2. The maximum Gasteiger partial charge on any atom is 0.230 e. The van der Waals surface area contributed by atoms with Gasteiger partial charge in [-0.1, -0.05) is 43.7 Å². The monoisotopic (exact) mass is 437 g/mol. The number of carbonyl (C=O) groups excluding carboxylic acids is 1. The third-order valence-electron chi connectivity index (χ3n) is 5.69. The Hall–Kier alpha value is -2.87. The van der Waals surface area contributed by atoms with Gasteiger partial charge in [-0.3, -0.25) is 14.3 Å². The number of benzene rings is 1. The predicted molar refractivity (Wildman–Crippen MR) is 121 cm³/mol. The van der Waals surface area contributed by atoms with Gasteiger partial charge in [-0.05, 0) is 43.0 Å². The predicted octanol–water partition coefficient (Wildman–Crippen LogP) is 4.12. The standard InChI is InChI=1S/C23H27N5O2S/c1-16-7-3-4-8-18(16)25-21(29)15-31-23-27-26-22(17-11-13-24-14-12-17)28(23)19-9-5-6-10-20(19)30-2/h5-6,9-14,16,18H,3-4,7-8,15H2,1-2H3,(H,25,29)/t16-,18+/m0/s1. The number of nitrogens with zero attached hydrogens (tertiary/aromatic N) is 4. The van der Waals surface area contributed by atoms with Crippen LogP contribution in [0.4, 0.5) is 0 Å². The summed E-state index contributed by atoms with van der Waals surface area (Å²) < 4.78 is 7.52. The van der Waals surface area contributed by atoms with Gasteiger partial charge in [0, 0.05) is 24.0 Å². The summed E-state index contributed by atoms with van der Waals surface area (Å²) in [5.41, 5.74) is 1.71. The quantitative estimate of drug-likeness (QED) is 0.560. The van der Waals surface area contributed by atoms with E-state index in [1.165, 1.54) is 31.0 Å². The Morgan fingerprint density at radius 2 is 1.94 bits per heavy atom. The van der Waals surface area contributed by atoms with E-state index in [0.717, 1.165) is 17.7 Å². The molecule has 2 aromatic heterocycles. The average molecular weight is 438 g/mol. The van der Waals surface area contributed by atoms with Crippen molar-refractivity contribution in [3.63, 3.8) is 0 Å². The first-order valence-electron chi connectivity index (χ1n) is 10.6. The normalized spacial score (nSPS) is 18.5. The van der Waals surface area contributed by atoms with Gasteiger partial charge in [0.25, 0.3) is 0 Å². The summed E-state index contributed by atoms with van der Waals surface area (Å²) in [6.07, 6.45) is 8.11. The Bertz CT molecular complexity index is 1020. The smallest absolute Gasteiger partial charge is 0.230 e. The van der Waals surface area contributed by atoms with Crippen molar-refractivity contribution in [3.8, 4) is 22.8 Å². The number of thioether (sulfide) groups is 1. The first kappa shape index (κ1) is 21.4. The maximum absolute atomic E-state index is 12.7. The van der Waals surface area contributed by atoms with Crippen LogP contribution in [0.3, 0.4) is 0 Å². The third kappa shape index (κ3) is 4.90. The summed E-state index contributed by atoms with van der Waals surface area (Å²) in [7, 11) is 1.64. The Kier molecular flexibility index (Phi) is 6.86. The van der Waals surface area contributed by atoms with Crippen LogP contribution < -0.4 is 10.1 Å². The number of carbonyl (C=O) groups is 1. The fraction of sp³-hybridized carbons (Fsp3) is 0.391. The van der Waals surface area contributed by atoms with E-state index in [4.69, 9.17) is 4.74 Å². The van der Waals surface area contributed by atoms with Crippen molar-refractivity contribution in [3.05, 3.63) is 48.8 Å². The first-order chi connectivity index (χ1) is 15.2.